The van der Waals surface area contributed by atoms with Crippen molar-refractivity contribution in [2.75, 3.05) is 11.9 Å². The molecule has 1 aromatic carbocycles. The maximum Gasteiger partial charge on any atom is 0.364 e. The number of nitrogens with one attached hydrogen (secondary N) is 2. The van der Waals surface area contributed by atoms with Crippen LogP contribution >= 0.6 is 11.8 Å². The molecule has 2 heterocycles. The number of hydrogen-bond donors (Lipinski definition) is 3. The number of benzene rings is 1. The van der Waals surface area contributed by atoms with E-state index in [9.17, 15) is 14.1 Å². The van der Waals surface area contributed by atoms with Crippen molar-refractivity contribution in [1.29, 1.82) is 0 Å². The van der Waals surface area contributed by atoms with Crippen LogP contribution in [-0.4, -0.2) is 33.0 Å². The summed E-state index contributed by atoms with van der Waals surface area (Å²) in [7, 11) is 0. The summed E-state index contributed by atoms with van der Waals surface area (Å²) in [6, 6.07) is 5.82. The third-order valence-corrected chi connectivity index (χ3v) is 6.38. The summed E-state index contributed by atoms with van der Waals surface area (Å²) in [5.74, 6) is -1.08. The number of aromatic nitrogens is 5. The maximum atomic E-state index is 14.7. The molecule has 1 aliphatic rings. The van der Waals surface area contributed by atoms with E-state index in [1.165, 1.54) is 18.2 Å². The zero-order valence-corrected chi connectivity index (χ0v) is 17.9. The average Bonchev–Trinajstić information content (AvgIpc) is 3.48. The molecule has 1 aliphatic carbocycles. The second-order valence-corrected chi connectivity index (χ2v) is 8.44. The van der Waals surface area contributed by atoms with E-state index in [0.29, 0.717) is 29.1 Å². The lowest BCUT2D eigenvalue weighted by Crippen LogP contribution is -2.41. The van der Waals surface area contributed by atoms with E-state index in [1.807, 2.05) is 0 Å². The van der Waals surface area contributed by atoms with Gasteiger partial charge in [-0.3, -0.25) is 4.79 Å². The highest BCUT2D eigenvalue weighted by atomic mass is 32.2. The van der Waals surface area contributed by atoms with Crippen molar-refractivity contribution in [3.05, 3.63) is 52.3 Å². The van der Waals surface area contributed by atoms with Crippen molar-refractivity contribution in [3.63, 3.8) is 0 Å². The van der Waals surface area contributed by atoms with E-state index in [-0.39, 0.29) is 17.1 Å². The number of rotatable bonds is 8. The first-order chi connectivity index (χ1) is 15.6. The molecule has 0 atom stereocenters. The third kappa shape index (κ3) is 4.81. The molecule has 0 aliphatic heterocycles. The first-order valence-electron chi connectivity index (χ1n) is 10.2. The molecule has 12 heteroatoms. The fourth-order valence-electron chi connectivity index (χ4n) is 3.71. The van der Waals surface area contributed by atoms with Gasteiger partial charge in [0.15, 0.2) is 16.8 Å². The third-order valence-electron chi connectivity index (χ3n) is 5.32. The molecule has 0 bridgehead atoms. The molecule has 4 rings (SSSR count). The Morgan fingerprint density at radius 2 is 2.16 bits per heavy atom. The molecular formula is C20H22FN8O2S+. The van der Waals surface area contributed by atoms with Crippen molar-refractivity contribution in [2.24, 2.45) is 10.9 Å². The highest BCUT2D eigenvalue weighted by Crippen LogP contribution is 2.35. The predicted molar refractivity (Wildman–Crippen MR) is 115 cm³/mol. The van der Waals surface area contributed by atoms with E-state index in [2.05, 4.69) is 31.0 Å². The smallest absolute Gasteiger partial charge is 0.327 e. The molecule has 3 aromatic rings. The average molecular weight is 458 g/mol. The summed E-state index contributed by atoms with van der Waals surface area (Å²) in [5, 5.41) is 16.3. The van der Waals surface area contributed by atoms with Gasteiger partial charge in [0, 0.05) is 17.6 Å². The first-order valence-corrected chi connectivity index (χ1v) is 11.0. The molecule has 166 valence electrons. The SMILES string of the molecule is NCC[n+]1[nH]nnc1Sc1ccc(N=O)cc1C(=O)Nc1ncc(C2CCCC2)cc1F. The van der Waals surface area contributed by atoms with Gasteiger partial charge in [-0.05, 0) is 65.5 Å². The molecule has 32 heavy (non-hydrogen) atoms. The molecule has 0 radical (unpaired) electrons. The van der Waals surface area contributed by atoms with Gasteiger partial charge in [-0.2, -0.15) is 4.68 Å². The molecule has 1 saturated carbocycles. The fraction of sp³-hybridized carbons (Fsp3) is 0.350. The molecule has 10 nitrogen and oxygen atoms in total. The van der Waals surface area contributed by atoms with Crippen LogP contribution in [0.3, 0.4) is 0 Å². The second kappa shape index (κ2) is 9.92. The quantitative estimate of drug-likeness (QED) is 0.348. The number of carbonyl (C=O) groups excluding carboxylic acids is 1. The van der Waals surface area contributed by atoms with Gasteiger partial charge >= 0.3 is 5.16 Å². The minimum atomic E-state index is -0.619. The molecule has 0 unspecified atom stereocenters. The van der Waals surface area contributed by atoms with Crippen molar-refractivity contribution in [3.8, 4) is 0 Å². The van der Waals surface area contributed by atoms with Crippen LogP contribution in [0.4, 0.5) is 15.9 Å². The van der Waals surface area contributed by atoms with Crippen molar-refractivity contribution >= 4 is 29.2 Å². The van der Waals surface area contributed by atoms with Crippen LogP contribution in [0, 0.1) is 10.7 Å². The number of tetrazole rings is 1. The van der Waals surface area contributed by atoms with Gasteiger partial charge in [0.05, 0.1) is 5.56 Å². The number of hydrogen-bond acceptors (Lipinski definition) is 8. The van der Waals surface area contributed by atoms with E-state index in [0.717, 1.165) is 43.0 Å². The highest BCUT2D eigenvalue weighted by molar-refractivity contribution is 7.99. The van der Waals surface area contributed by atoms with Crippen LogP contribution in [0.5, 0.6) is 0 Å². The van der Waals surface area contributed by atoms with Crippen LogP contribution in [0.2, 0.25) is 0 Å². The van der Waals surface area contributed by atoms with Crippen LogP contribution in [0.15, 0.2) is 45.7 Å². The molecule has 0 spiro atoms. The van der Waals surface area contributed by atoms with Crippen molar-refractivity contribution in [1.82, 2.24) is 20.5 Å². The number of nitrogens with zero attached hydrogens (tertiary/aromatic N) is 5. The molecular weight excluding hydrogens is 435 g/mol. The summed E-state index contributed by atoms with van der Waals surface area (Å²) < 4.78 is 16.3. The maximum absolute atomic E-state index is 14.7. The van der Waals surface area contributed by atoms with Crippen LogP contribution in [-0.2, 0) is 6.54 Å². The minimum Gasteiger partial charge on any atom is -0.327 e. The lowest BCUT2D eigenvalue weighted by Gasteiger charge is -2.12. The number of H-pyrrole nitrogens is 1. The number of anilines is 1. The number of aromatic amines is 1. The van der Waals surface area contributed by atoms with Gasteiger partial charge in [0.1, 0.15) is 17.3 Å². The minimum absolute atomic E-state index is 0.0690. The zero-order chi connectivity index (χ0) is 22.5. The predicted octanol–water partition coefficient (Wildman–Crippen LogP) is 3.04. The Bertz CT molecular complexity index is 1130. The molecule has 1 amide bonds. The standard InChI is InChI=1S/C20H21FN8O2S/c21-16-9-13(12-3-1-2-4-12)11-23-18(16)24-19(30)15-10-14(26-31)5-6-17(15)32-20-25-27-28-29(20)8-7-22/h5-6,9-12H,1-4,7-8,22H2,(H,23,24,30)/p+1. The lowest BCUT2D eigenvalue weighted by molar-refractivity contribution is -0.785. The molecule has 2 aromatic heterocycles. The second-order valence-electron chi connectivity index (χ2n) is 7.43. The van der Waals surface area contributed by atoms with Gasteiger partial charge in [-0.25, -0.2) is 9.37 Å². The Kier molecular flexibility index (Phi) is 6.81. The van der Waals surface area contributed by atoms with Gasteiger partial charge < -0.3 is 11.1 Å². The number of nitrogens with two attached hydrogens (primary N) is 1. The fourth-order valence-corrected chi connectivity index (χ4v) is 4.63. The Morgan fingerprint density at radius 1 is 1.34 bits per heavy atom. The number of amides is 1. The van der Waals surface area contributed by atoms with E-state index in [1.54, 1.807) is 16.9 Å². The van der Waals surface area contributed by atoms with Crippen molar-refractivity contribution in [2.45, 2.75) is 48.2 Å². The van der Waals surface area contributed by atoms with E-state index < -0.39 is 11.7 Å². The Hall–Kier alpha value is -3.25. The number of pyridine rings is 1. The Morgan fingerprint density at radius 3 is 2.88 bits per heavy atom. The summed E-state index contributed by atoms with van der Waals surface area (Å²) in [4.78, 5) is 28.6. The number of carbonyl (C=O) groups is 1. The van der Waals surface area contributed by atoms with Crippen molar-refractivity contribution < 1.29 is 13.9 Å². The monoisotopic (exact) mass is 457 g/mol. The van der Waals surface area contributed by atoms with Gasteiger partial charge in [0.2, 0.25) is 0 Å². The van der Waals surface area contributed by atoms with Gasteiger partial charge in [0.25, 0.3) is 5.91 Å². The molecule has 4 N–H and O–H groups in total. The summed E-state index contributed by atoms with van der Waals surface area (Å²) >= 11 is 1.15. The number of halogens is 1. The van der Waals surface area contributed by atoms with Crippen LogP contribution < -0.4 is 15.7 Å². The summed E-state index contributed by atoms with van der Waals surface area (Å²) in [5.41, 5.74) is 6.64. The highest BCUT2D eigenvalue weighted by Gasteiger charge is 2.23. The lowest BCUT2D eigenvalue weighted by atomic mass is 9.99. The van der Waals surface area contributed by atoms with E-state index in [4.69, 9.17) is 5.73 Å². The first kappa shape index (κ1) is 22.0. The normalized spacial score (nSPS) is 13.9. The van der Waals surface area contributed by atoms with Crippen LogP contribution in [0.25, 0.3) is 0 Å². The topological polar surface area (TPSA) is 143 Å². The Labute approximate surface area is 187 Å². The molecule has 1 fully saturated rings. The molecule has 0 saturated heterocycles. The van der Waals surface area contributed by atoms with Gasteiger partial charge in [-0.1, -0.05) is 18.1 Å². The zero-order valence-electron chi connectivity index (χ0n) is 17.1. The number of nitroso groups, excluding NO2 is 1. The summed E-state index contributed by atoms with van der Waals surface area (Å²) in [6.07, 6.45) is 5.90. The van der Waals surface area contributed by atoms with E-state index >= 15 is 0 Å². The van der Waals surface area contributed by atoms with Gasteiger partial charge in [-0.15, -0.1) is 4.91 Å². The largest absolute Gasteiger partial charge is 0.364 e. The Balaban J connectivity index is 1.58. The summed E-state index contributed by atoms with van der Waals surface area (Å²) in [6.45, 7) is 0.818. The van der Waals surface area contributed by atoms with Crippen LogP contribution in [0.1, 0.15) is 47.5 Å².